The van der Waals surface area contributed by atoms with Crippen molar-refractivity contribution in [2.45, 2.75) is 4.90 Å². The SMILES string of the molecule is CN(c1ccc(C#N)cc1)S(=O)(=O)c1ccc(N)cc1F. The van der Waals surface area contributed by atoms with Crippen LogP contribution in [0.2, 0.25) is 0 Å². The van der Waals surface area contributed by atoms with Gasteiger partial charge < -0.3 is 5.73 Å². The molecule has 0 radical (unpaired) electrons. The van der Waals surface area contributed by atoms with Gasteiger partial charge in [0.05, 0.1) is 17.3 Å². The van der Waals surface area contributed by atoms with Gasteiger partial charge in [-0.3, -0.25) is 4.31 Å². The first-order chi connectivity index (χ1) is 9.86. The number of nitrogens with two attached hydrogens (primary N) is 1. The highest BCUT2D eigenvalue weighted by Gasteiger charge is 2.24. The molecule has 21 heavy (non-hydrogen) atoms. The molecule has 5 nitrogen and oxygen atoms in total. The number of nitrogens with zero attached hydrogens (tertiary/aromatic N) is 2. The molecular weight excluding hydrogens is 293 g/mol. The van der Waals surface area contributed by atoms with Crippen LogP contribution in [-0.2, 0) is 10.0 Å². The van der Waals surface area contributed by atoms with Gasteiger partial charge >= 0.3 is 0 Å². The second-order valence-corrected chi connectivity index (χ2v) is 6.26. The van der Waals surface area contributed by atoms with Gasteiger partial charge in [0.15, 0.2) is 0 Å². The van der Waals surface area contributed by atoms with Crippen molar-refractivity contribution in [1.29, 1.82) is 5.26 Å². The molecule has 0 bridgehead atoms. The Hall–Kier alpha value is -2.59. The average molecular weight is 305 g/mol. The lowest BCUT2D eigenvalue weighted by Gasteiger charge is -2.20. The molecule has 0 amide bonds. The normalized spacial score (nSPS) is 10.9. The zero-order valence-electron chi connectivity index (χ0n) is 11.1. The second kappa shape index (κ2) is 5.42. The predicted molar refractivity (Wildman–Crippen MR) is 77.6 cm³/mol. The lowest BCUT2D eigenvalue weighted by atomic mass is 10.2. The molecule has 0 aliphatic heterocycles. The van der Waals surface area contributed by atoms with Crippen LogP contribution in [0.4, 0.5) is 15.8 Å². The number of hydrogen-bond donors (Lipinski definition) is 1. The summed E-state index contributed by atoms with van der Waals surface area (Å²) in [4.78, 5) is -0.455. The maximum atomic E-state index is 13.8. The Bertz CT molecular complexity index is 811. The van der Waals surface area contributed by atoms with E-state index in [4.69, 9.17) is 11.0 Å². The van der Waals surface area contributed by atoms with Gasteiger partial charge in [0.25, 0.3) is 10.0 Å². The van der Waals surface area contributed by atoms with Crippen LogP contribution in [0.15, 0.2) is 47.4 Å². The van der Waals surface area contributed by atoms with Crippen molar-refractivity contribution in [3.63, 3.8) is 0 Å². The fraction of sp³-hybridized carbons (Fsp3) is 0.0714. The van der Waals surface area contributed by atoms with Crippen LogP contribution < -0.4 is 10.0 Å². The van der Waals surface area contributed by atoms with Gasteiger partial charge in [0, 0.05) is 12.7 Å². The highest BCUT2D eigenvalue weighted by Crippen LogP contribution is 2.25. The van der Waals surface area contributed by atoms with E-state index in [0.717, 1.165) is 16.4 Å². The minimum atomic E-state index is -4.04. The summed E-state index contributed by atoms with van der Waals surface area (Å²) in [5.41, 5.74) is 6.29. The molecule has 0 aliphatic carbocycles. The standard InChI is InChI=1S/C14H12FN3O2S/c1-18(12-5-2-10(9-16)3-6-12)21(19,20)14-7-4-11(17)8-13(14)15/h2-8H,17H2,1H3. The number of nitrogen functional groups attached to an aromatic ring is 1. The van der Waals surface area contributed by atoms with E-state index >= 15 is 0 Å². The second-order valence-electron chi connectivity index (χ2n) is 4.32. The molecule has 0 heterocycles. The molecule has 2 aromatic rings. The van der Waals surface area contributed by atoms with Crippen molar-refractivity contribution >= 4 is 21.4 Å². The van der Waals surface area contributed by atoms with E-state index < -0.39 is 20.7 Å². The van der Waals surface area contributed by atoms with Crippen LogP contribution >= 0.6 is 0 Å². The third-order valence-electron chi connectivity index (χ3n) is 2.95. The Balaban J connectivity index is 2.45. The van der Waals surface area contributed by atoms with E-state index in [1.807, 2.05) is 6.07 Å². The number of nitriles is 1. The van der Waals surface area contributed by atoms with E-state index in [9.17, 15) is 12.8 Å². The van der Waals surface area contributed by atoms with Gasteiger partial charge in [0.1, 0.15) is 10.7 Å². The van der Waals surface area contributed by atoms with Gasteiger partial charge in [-0.15, -0.1) is 0 Å². The van der Waals surface area contributed by atoms with Gasteiger partial charge in [-0.05, 0) is 42.5 Å². The van der Waals surface area contributed by atoms with Crippen LogP contribution in [0, 0.1) is 17.1 Å². The fourth-order valence-corrected chi connectivity index (χ4v) is 3.00. The Morgan fingerprint density at radius 2 is 1.81 bits per heavy atom. The zero-order chi connectivity index (χ0) is 15.6. The summed E-state index contributed by atoms with van der Waals surface area (Å²) in [7, 11) is -2.73. The summed E-state index contributed by atoms with van der Waals surface area (Å²) < 4.78 is 39.6. The molecule has 7 heteroatoms. The monoisotopic (exact) mass is 305 g/mol. The molecular formula is C14H12FN3O2S. The van der Waals surface area contributed by atoms with Gasteiger partial charge in [-0.1, -0.05) is 0 Å². The summed E-state index contributed by atoms with van der Waals surface area (Å²) in [6.07, 6.45) is 0. The maximum Gasteiger partial charge on any atom is 0.266 e. The number of hydrogen-bond acceptors (Lipinski definition) is 4. The van der Waals surface area contributed by atoms with Crippen LogP contribution in [0.1, 0.15) is 5.56 Å². The van der Waals surface area contributed by atoms with Crippen molar-refractivity contribution < 1.29 is 12.8 Å². The molecule has 2 aromatic carbocycles. The van der Waals surface area contributed by atoms with E-state index in [-0.39, 0.29) is 5.69 Å². The zero-order valence-corrected chi connectivity index (χ0v) is 11.9. The molecule has 2 rings (SSSR count). The molecule has 0 spiro atoms. The van der Waals surface area contributed by atoms with Crippen LogP contribution in [0.3, 0.4) is 0 Å². The van der Waals surface area contributed by atoms with E-state index in [0.29, 0.717) is 11.3 Å². The minimum absolute atomic E-state index is 0.146. The van der Waals surface area contributed by atoms with Crippen LogP contribution in [0.25, 0.3) is 0 Å². The number of anilines is 2. The molecule has 0 saturated heterocycles. The van der Waals surface area contributed by atoms with Gasteiger partial charge in [-0.25, -0.2) is 12.8 Å². The molecule has 0 saturated carbocycles. The largest absolute Gasteiger partial charge is 0.399 e. The minimum Gasteiger partial charge on any atom is -0.399 e. The quantitative estimate of drug-likeness (QED) is 0.880. The summed E-state index contributed by atoms with van der Waals surface area (Å²) in [5.74, 6) is -0.907. The van der Waals surface area contributed by atoms with Crippen molar-refractivity contribution in [3.8, 4) is 6.07 Å². The fourth-order valence-electron chi connectivity index (χ4n) is 1.76. The molecule has 0 aromatic heterocycles. The molecule has 2 N–H and O–H groups in total. The number of halogens is 1. The molecule has 0 unspecified atom stereocenters. The third kappa shape index (κ3) is 2.80. The van der Waals surface area contributed by atoms with Crippen LogP contribution in [0.5, 0.6) is 0 Å². The smallest absolute Gasteiger partial charge is 0.266 e. The first kappa shape index (κ1) is 14.8. The Morgan fingerprint density at radius 1 is 1.19 bits per heavy atom. The highest BCUT2D eigenvalue weighted by molar-refractivity contribution is 7.92. The van der Waals surface area contributed by atoms with E-state index in [2.05, 4.69) is 0 Å². The lowest BCUT2D eigenvalue weighted by molar-refractivity contribution is 0.566. The van der Waals surface area contributed by atoms with Crippen molar-refractivity contribution in [3.05, 3.63) is 53.8 Å². The molecule has 0 aliphatic rings. The third-order valence-corrected chi connectivity index (χ3v) is 4.77. The van der Waals surface area contributed by atoms with Crippen molar-refractivity contribution in [2.24, 2.45) is 0 Å². The summed E-state index contributed by atoms with van der Waals surface area (Å²) in [6, 6.07) is 11.3. The Labute approximate surface area is 122 Å². The Morgan fingerprint density at radius 3 is 2.33 bits per heavy atom. The Kier molecular flexibility index (Phi) is 3.82. The van der Waals surface area contributed by atoms with E-state index in [1.165, 1.54) is 37.4 Å². The number of rotatable bonds is 3. The van der Waals surface area contributed by atoms with Crippen molar-refractivity contribution in [1.82, 2.24) is 0 Å². The first-order valence-corrected chi connectivity index (χ1v) is 7.34. The molecule has 0 fully saturated rings. The summed E-state index contributed by atoms with van der Waals surface area (Å²) in [6.45, 7) is 0. The highest BCUT2D eigenvalue weighted by atomic mass is 32.2. The molecule has 0 atom stereocenters. The first-order valence-electron chi connectivity index (χ1n) is 5.90. The van der Waals surface area contributed by atoms with Gasteiger partial charge in [0.2, 0.25) is 0 Å². The van der Waals surface area contributed by atoms with Gasteiger partial charge in [-0.2, -0.15) is 5.26 Å². The van der Waals surface area contributed by atoms with Crippen molar-refractivity contribution in [2.75, 3.05) is 17.1 Å². The summed E-state index contributed by atoms with van der Waals surface area (Å²) >= 11 is 0. The van der Waals surface area contributed by atoms with Crippen LogP contribution in [-0.4, -0.2) is 15.5 Å². The predicted octanol–water partition coefficient (Wildman–Crippen LogP) is 2.10. The maximum absolute atomic E-state index is 13.8. The number of sulfonamides is 1. The lowest BCUT2D eigenvalue weighted by Crippen LogP contribution is -2.27. The number of benzene rings is 2. The molecule has 108 valence electrons. The summed E-state index contributed by atoms with van der Waals surface area (Å²) in [5, 5.41) is 8.72. The topological polar surface area (TPSA) is 87.2 Å². The van der Waals surface area contributed by atoms with E-state index in [1.54, 1.807) is 0 Å². The average Bonchev–Trinajstić information content (AvgIpc) is 2.46.